The number of urea groups is 1. The molecule has 0 unspecified atom stereocenters. The highest BCUT2D eigenvalue weighted by molar-refractivity contribution is 5.89. The minimum atomic E-state index is -0.227. The summed E-state index contributed by atoms with van der Waals surface area (Å²) in [6.07, 6.45) is 0. The maximum absolute atomic E-state index is 12.0. The highest BCUT2D eigenvalue weighted by Crippen LogP contribution is 2.24. The monoisotopic (exact) mass is 263 g/mol. The molecule has 1 heterocycles. The molecule has 1 aromatic rings. The molecule has 0 aliphatic carbocycles. The van der Waals surface area contributed by atoms with E-state index in [1.54, 1.807) is 16.6 Å². The number of carbonyl (C=O) groups is 1. The van der Waals surface area contributed by atoms with Crippen LogP contribution in [0, 0.1) is 11.3 Å². The highest BCUT2D eigenvalue weighted by atomic mass is 16.2. The molecule has 0 fully saturated rings. The van der Waals surface area contributed by atoms with Crippen LogP contribution in [-0.2, 0) is 7.05 Å². The average molecular weight is 263 g/mol. The lowest BCUT2D eigenvalue weighted by molar-refractivity contribution is 0.217. The third kappa shape index (κ3) is 3.05. The lowest BCUT2D eigenvalue weighted by Gasteiger charge is -2.18. The number of aryl methyl sites for hydroxylation is 1. The summed E-state index contributed by atoms with van der Waals surface area (Å²) in [6.45, 7) is 9.04. The zero-order chi connectivity index (χ0) is 14.6. The van der Waals surface area contributed by atoms with Crippen molar-refractivity contribution in [3.63, 3.8) is 0 Å². The number of hydrogen-bond donors (Lipinski definition) is 1. The molecule has 0 aromatic carbocycles. The molecule has 0 aliphatic heterocycles. The smallest absolute Gasteiger partial charge is 0.323 e. The Labute approximate surface area is 114 Å². The lowest BCUT2D eigenvalue weighted by atomic mass is 10.1. The normalized spacial score (nSPS) is 10.4. The molecule has 0 radical (unpaired) electrons. The Morgan fingerprint density at radius 2 is 2.05 bits per heavy atom. The Morgan fingerprint density at radius 1 is 1.47 bits per heavy atom. The molecule has 0 spiro atoms. The van der Waals surface area contributed by atoms with Gasteiger partial charge in [-0.2, -0.15) is 10.4 Å². The fourth-order valence-corrected chi connectivity index (χ4v) is 2.09. The second-order valence-corrected chi connectivity index (χ2v) is 4.60. The molecule has 19 heavy (non-hydrogen) atoms. The van der Waals surface area contributed by atoms with E-state index in [0.717, 1.165) is 5.69 Å². The van der Waals surface area contributed by atoms with Gasteiger partial charge in [-0.3, -0.25) is 10.00 Å². The first-order valence-electron chi connectivity index (χ1n) is 6.49. The molecule has 104 valence electrons. The van der Waals surface area contributed by atoms with E-state index in [0.29, 0.717) is 24.5 Å². The molecule has 0 bridgehead atoms. The summed E-state index contributed by atoms with van der Waals surface area (Å²) in [6, 6.07) is 1.90. The predicted octanol–water partition coefficient (Wildman–Crippen LogP) is 2.29. The van der Waals surface area contributed by atoms with Gasteiger partial charge in [0.15, 0.2) is 5.82 Å². The molecule has 6 heteroatoms. The zero-order valence-corrected chi connectivity index (χ0v) is 12.2. The van der Waals surface area contributed by atoms with Gasteiger partial charge in [-0.25, -0.2) is 4.79 Å². The van der Waals surface area contributed by atoms with Crippen LogP contribution < -0.4 is 5.32 Å². The van der Waals surface area contributed by atoms with Crippen LogP contribution in [0.5, 0.6) is 0 Å². The second-order valence-electron chi connectivity index (χ2n) is 4.60. The average Bonchev–Trinajstić information content (AvgIpc) is 2.66. The SMILES string of the molecule is CCN(CC)C(=O)Nc1nn(C)c(C(C)C)c1C#N. The summed E-state index contributed by atoms with van der Waals surface area (Å²) in [5, 5.41) is 16.2. The minimum absolute atomic E-state index is 0.172. The van der Waals surface area contributed by atoms with Crippen molar-refractivity contribution in [2.24, 2.45) is 7.05 Å². The molecule has 1 aromatic heterocycles. The molecular weight excluding hydrogens is 242 g/mol. The van der Waals surface area contributed by atoms with E-state index in [9.17, 15) is 10.1 Å². The number of aromatic nitrogens is 2. The number of amides is 2. The number of nitrogens with one attached hydrogen (secondary N) is 1. The van der Waals surface area contributed by atoms with Crippen LogP contribution in [0.3, 0.4) is 0 Å². The van der Waals surface area contributed by atoms with Crippen molar-refractivity contribution in [1.82, 2.24) is 14.7 Å². The maximum Gasteiger partial charge on any atom is 0.323 e. The Bertz CT molecular complexity index is 494. The van der Waals surface area contributed by atoms with E-state index in [-0.39, 0.29) is 11.9 Å². The maximum atomic E-state index is 12.0. The topological polar surface area (TPSA) is 74.0 Å². The fraction of sp³-hybridized carbons (Fsp3) is 0.615. The van der Waals surface area contributed by atoms with Crippen LogP contribution in [0.25, 0.3) is 0 Å². The molecule has 6 nitrogen and oxygen atoms in total. The summed E-state index contributed by atoms with van der Waals surface area (Å²) in [4.78, 5) is 13.6. The van der Waals surface area contributed by atoms with Crippen molar-refractivity contribution >= 4 is 11.8 Å². The van der Waals surface area contributed by atoms with Crippen molar-refractivity contribution in [2.75, 3.05) is 18.4 Å². The van der Waals surface area contributed by atoms with E-state index >= 15 is 0 Å². The third-order valence-electron chi connectivity index (χ3n) is 3.03. The molecule has 1 rings (SSSR count). The number of nitriles is 1. The van der Waals surface area contributed by atoms with Gasteiger partial charge in [-0.05, 0) is 19.8 Å². The van der Waals surface area contributed by atoms with Crippen LogP contribution in [-0.4, -0.2) is 33.8 Å². The van der Waals surface area contributed by atoms with Crippen molar-refractivity contribution in [3.05, 3.63) is 11.3 Å². The molecule has 0 atom stereocenters. The number of rotatable bonds is 4. The van der Waals surface area contributed by atoms with Crippen LogP contribution in [0.4, 0.5) is 10.6 Å². The first-order valence-corrected chi connectivity index (χ1v) is 6.49. The first kappa shape index (κ1) is 15.0. The molecule has 0 saturated heterocycles. The van der Waals surface area contributed by atoms with Crippen LogP contribution in [0.1, 0.15) is 44.9 Å². The summed E-state index contributed by atoms with van der Waals surface area (Å²) in [5.41, 5.74) is 1.27. The van der Waals surface area contributed by atoms with Crippen LogP contribution in [0.2, 0.25) is 0 Å². The number of hydrogen-bond acceptors (Lipinski definition) is 3. The van der Waals surface area contributed by atoms with Crippen molar-refractivity contribution < 1.29 is 4.79 Å². The van der Waals surface area contributed by atoms with Gasteiger partial charge in [0, 0.05) is 20.1 Å². The predicted molar refractivity (Wildman–Crippen MR) is 74.0 cm³/mol. The molecule has 0 aliphatic rings. The lowest BCUT2D eigenvalue weighted by Crippen LogP contribution is -2.34. The van der Waals surface area contributed by atoms with Crippen LogP contribution >= 0.6 is 0 Å². The van der Waals surface area contributed by atoms with E-state index in [2.05, 4.69) is 16.5 Å². The van der Waals surface area contributed by atoms with Gasteiger partial charge in [-0.15, -0.1) is 0 Å². The first-order chi connectivity index (χ1) is 8.96. The summed E-state index contributed by atoms with van der Waals surface area (Å²) in [7, 11) is 1.78. The van der Waals surface area contributed by atoms with Crippen molar-refractivity contribution in [3.8, 4) is 6.07 Å². The van der Waals surface area contributed by atoms with Gasteiger partial charge in [0.2, 0.25) is 0 Å². The van der Waals surface area contributed by atoms with Gasteiger partial charge >= 0.3 is 6.03 Å². The number of nitrogens with zero attached hydrogens (tertiary/aromatic N) is 4. The van der Waals surface area contributed by atoms with Crippen LogP contribution in [0.15, 0.2) is 0 Å². The Morgan fingerprint density at radius 3 is 2.47 bits per heavy atom. The highest BCUT2D eigenvalue weighted by Gasteiger charge is 2.21. The van der Waals surface area contributed by atoms with Gasteiger partial charge < -0.3 is 4.90 Å². The molecule has 2 amide bonds. The van der Waals surface area contributed by atoms with Gasteiger partial charge in [-0.1, -0.05) is 13.8 Å². The van der Waals surface area contributed by atoms with E-state index in [4.69, 9.17) is 0 Å². The Balaban J connectivity index is 3.07. The Hall–Kier alpha value is -2.03. The van der Waals surface area contributed by atoms with E-state index in [1.807, 2.05) is 27.7 Å². The van der Waals surface area contributed by atoms with Crippen molar-refractivity contribution in [1.29, 1.82) is 5.26 Å². The van der Waals surface area contributed by atoms with E-state index < -0.39 is 0 Å². The number of anilines is 1. The summed E-state index contributed by atoms with van der Waals surface area (Å²) < 4.78 is 1.65. The summed E-state index contributed by atoms with van der Waals surface area (Å²) in [5.74, 6) is 0.511. The standard InChI is InChI=1S/C13H21N5O/c1-6-18(7-2)13(19)15-12-10(8-14)11(9(3)4)17(5)16-12/h9H,6-7H2,1-5H3,(H,15,16,19). The Kier molecular flexibility index (Phi) is 4.93. The quantitative estimate of drug-likeness (QED) is 0.905. The van der Waals surface area contributed by atoms with Gasteiger partial charge in [0.05, 0.1) is 5.69 Å². The molecular formula is C13H21N5O. The van der Waals surface area contributed by atoms with Gasteiger partial charge in [0.25, 0.3) is 0 Å². The minimum Gasteiger partial charge on any atom is -0.325 e. The fourth-order valence-electron chi connectivity index (χ4n) is 2.09. The zero-order valence-electron chi connectivity index (χ0n) is 12.2. The largest absolute Gasteiger partial charge is 0.325 e. The number of carbonyl (C=O) groups excluding carboxylic acids is 1. The van der Waals surface area contributed by atoms with Gasteiger partial charge in [0.1, 0.15) is 11.6 Å². The van der Waals surface area contributed by atoms with E-state index in [1.165, 1.54) is 0 Å². The molecule has 0 saturated carbocycles. The summed E-state index contributed by atoms with van der Waals surface area (Å²) >= 11 is 0. The third-order valence-corrected chi connectivity index (χ3v) is 3.03. The van der Waals surface area contributed by atoms with Crippen molar-refractivity contribution in [2.45, 2.75) is 33.6 Å². The molecule has 1 N–H and O–H groups in total. The second kappa shape index (κ2) is 6.23.